The summed E-state index contributed by atoms with van der Waals surface area (Å²) in [6.07, 6.45) is 2.88. The molecule has 3 unspecified atom stereocenters. The quantitative estimate of drug-likeness (QED) is 0.123. The molecule has 4 N–H and O–H groups in total. The monoisotopic (exact) mass is 692 g/mol. The number of aryl methyl sites for hydroxylation is 1. The molecule has 2 rings (SSSR count). The summed E-state index contributed by atoms with van der Waals surface area (Å²) in [4.78, 5) is 47.9. The lowest BCUT2D eigenvalue weighted by atomic mass is 9.93. The van der Waals surface area contributed by atoms with Gasteiger partial charge in [0.15, 0.2) is 6.10 Å². The Kier molecular flexibility index (Phi) is 18.5. The Hall–Kier alpha value is -3.96. The minimum absolute atomic E-state index is 0.0205. The van der Waals surface area contributed by atoms with Crippen molar-refractivity contribution in [1.29, 1.82) is 0 Å². The van der Waals surface area contributed by atoms with Gasteiger partial charge in [0, 0.05) is 6.54 Å². The van der Waals surface area contributed by atoms with Gasteiger partial charge in [0.2, 0.25) is 11.8 Å². The second-order valence-corrected chi connectivity index (χ2v) is 13.1. The summed E-state index contributed by atoms with van der Waals surface area (Å²) in [5, 5.41) is 25.3. The van der Waals surface area contributed by atoms with E-state index in [1.807, 2.05) is 45.9 Å². The van der Waals surface area contributed by atoms with Gasteiger partial charge in [0.25, 0.3) is 0 Å². The summed E-state index contributed by atoms with van der Waals surface area (Å²) in [5.74, 6) is -2.55. The third kappa shape index (κ3) is 16.7. The van der Waals surface area contributed by atoms with Crippen LogP contribution in [0.1, 0.15) is 65.0 Å². The molecule has 3 atom stereocenters. The zero-order chi connectivity index (χ0) is 36.4. The molecule has 12 heteroatoms. The minimum Gasteiger partial charge on any atom is -0.495 e. The number of hydrogen-bond acceptors (Lipinski definition) is 7. The van der Waals surface area contributed by atoms with E-state index in [1.165, 1.54) is 32.1 Å². The zero-order valence-corrected chi connectivity index (χ0v) is 29.6. The van der Waals surface area contributed by atoms with Gasteiger partial charge in [-0.3, -0.25) is 14.4 Å². The predicted octanol–water partition coefficient (Wildman–Crippen LogP) is 5.66. The third-order valence-corrected chi connectivity index (χ3v) is 7.59. The molecule has 266 valence electrons. The maximum absolute atomic E-state index is 13.0. The van der Waals surface area contributed by atoms with Crippen molar-refractivity contribution in [3.8, 4) is 5.75 Å². The largest absolute Gasteiger partial charge is 0.495 e. The number of hydrogen-bond donors (Lipinski definition) is 4. The number of benzene rings is 2. The van der Waals surface area contributed by atoms with Gasteiger partial charge >= 0.3 is 11.9 Å². The van der Waals surface area contributed by atoms with Crippen LogP contribution in [0.2, 0.25) is 5.02 Å². The Bertz CT molecular complexity index is 1360. The van der Waals surface area contributed by atoms with Crippen molar-refractivity contribution < 1.29 is 43.3 Å². The van der Waals surface area contributed by atoms with Crippen molar-refractivity contribution in [2.75, 3.05) is 20.2 Å². The number of nitrogens with one attached hydrogen (secondary N) is 2. The maximum Gasteiger partial charge on any atom is 0.345 e. The fourth-order valence-corrected chi connectivity index (χ4v) is 4.49. The molecule has 0 spiro atoms. The third-order valence-electron chi connectivity index (χ3n) is 7.29. The van der Waals surface area contributed by atoms with E-state index in [-0.39, 0.29) is 37.2 Å². The number of carbonyl (C=O) groups excluding carboxylic acids is 3. The van der Waals surface area contributed by atoms with Crippen LogP contribution in [-0.4, -0.2) is 66.4 Å². The standard InChI is InChI=1S/C28H41FN2O7.C8H9ClO/c1-18(2)14-23(26(35)36)38-27(37)28(4,5)17-31-25(34)16-30-24(33)9-7-6-8-19(3)22(32)15-20-10-12-21(29)13-11-20;1-6-3-4-8(10-2)7(9)5-6/h7,9-13,18-19,22-23,32H,6,8,14-17H2,1-5H3,(H,30,33)(H,31,34)(H,35,36);3-5H,1-2H3/b9-7+;. The topological polar surface area (TPSA) is 151 Å². The fourth-order valence-electron chi connectivity index (χ4n) is 4.17. The molecular formula is C36H50ClFN2O8. The number of methoxy groups -OCH3 is 1. The van der Waals surface area contributed by atoms with Crippen molar-refractivity contribution in [3.63, 3.8) is 0 Å². The lowest BCUT2D eigenvalue weighted by Gasteiger charge is -2.25. The second-order valence-electron chi connectivity index (χ2n) is 12.7. The number of rotatable bonds is 17. The molecule has 2 aromatic rings. The van der Waals surface area contributed by atoms with E-state index in [9.17, 15) is 33.8 Å². The number of allylic oxidation sites excluding steroid dienone is 1. The highest BCUT2D eigenvalue weighted by Gasteiger charge is 2.34. The van der Waals surface area contributed by atoms with E-state index in [2.05, 4.69) is 10.6 Å². The van der Waals surface area contributed by atoms with Crippen LogP contribution in [0.25, 0.3) is 0 Å². The molecule has 0 aliphatic heterocycles. The van der Waals surface area contributed by atoms with E-state index in [0.717, 1.165) is 16.9 Å². The van der Waals surface area contributed by atoms with Crippen molar-refractivity contribution in [2.24, 2.45) is 17.3 Å². The molecule has 0 radical (unpaired) electrons. The van der Waals surface area contributed by atoms with E-state index >= 15 is 0 Å². The summed E-state index contributed by atoms with van der Waals surface area (Å²) in [7, 11) is 1.61. The van der Waals surface area contributed by atoms with Gasteiger partial charge in [-0.1, -0.05) is 56.6 Å². The van der Waals surface area contributed by atoms with E-state index in [1.54, 1.807) is 25.3 Å². The Morgan fingerprint density at radius 2 is 1.69 bits per heavy atom. The highest BCUT2D eigenvalue weighted by molar-refractivity contribution is 6.32. The van der Waals surface area contributed by atoms with Gasteiger partial charge in [0.05, 0.1) is 30.2 Å². The minimum atomic E-state index is -1.26. The molecule has 0 aliphatic carbocycles. The van der Waals surface area contributed by atoms with Gasteiger partial charge < -0.3 is 30.3 Å². The average molecular weight is 693 g/mol. The van der Waals surface area contributed by atoms with Crippen LogP contribution in [0.4, 0.5) is 4.39 Å². The Morgan fingerprint density at radius 3 is 2.25 bits per heavy atom. The molecule has 0 aromatic heterocycles. The van der Waals surface area contributed by atoms with Gasteiger partial charge in [-0.25, -0.2) is 9.18 Å². The Labute approximate surface area is 288 Å². The first kappa shape index (κ1) is 42.1. The predicted molar refractivity (Wildman–Crippen MR) is 183 cm³/mol. The molecule has 2 aromatic carbocycles. The molecule has 0 aliphatic rings. The van der Waals surface area contributed by atoms with Crippen molar-refractivity contribution in [2.45, 2.75) is 79.4 Å². The number of ether oxygens (including phenoxy) is 2. The highest BCUT2D eigenvalue weighted by atomic mass is 35.5. The van der Waals surface area contributed by atoms with Gasteiger partial charge in [0.1, 0.15) is 11.6 Å². The Morgan fingerprint density at radius 1 is 1.04 bits per heavy atom. The number of amides is 2. The summed E-state index contributed by atoms with van der Waals surface area (Å²) in [6, 6.07) is 11.7. The second kappa shape index (κ2) is 21.1. The van der Waals surface area contributed by atoms with Crippen LogP contribution < -0.4 is 15.4 Å². The van der Waals surface area contributed by atoms with Gasteiger partial charge in [-0.2, -0.15) is 0 Å². The van der Waals surface area contributed by atoms with Crippen LogP contribution in [0.5, 0.6) is 5.75 Å². The SMILES string of the molecule is CC(C)CC(OC(=O)C(C)(C)CNC(=O)CNC(=O)/C=C/CCC(C)C(O)Cc1ccc(F)cc1)C(=O)O.COc1ccc(C)cc1Cl. The number of carboxylic acid groups (broad SMARTS) is 1. The normalized spacial score (nSPS) is 13.1. The summed E-state index contributed by atoms with van der Waals surface area (Å²) in [5.41, 5.74) is 0.822. The smallest absolute Gasteiger partial charge is 0.345 e. The molecule has 0 saturated heterocycles. The maximum atomic E-state index is 13.0. The lowest BCUT2D eigenvalue weighted by Crippen LogP contribution is -2.45. The van der Waals surface area contributed by atoms with Crippen molar-refractivity contribution in [1.82, 2.24) is 10.6 Å². The molecule has 0 fully saturated rings. The van der Waals surface area contributed by atoms with E-state index in [4.69, 9.17) is 21.1 Å². The zero-order valence-electron chi connectivity index (χ0n) is 28.8. The number of carboxylic acids is 1. The van der Waals surface area contributed by atoms with Crippen molar-refractivity contribution in [3.05, 3.63) is 76.6 Å². The molecule has 48 heavy (non-hydrogen) atoms. The van der Waals surface area contributed by atoms with E-state index in [0.29, 0.717) is 24.3 Å². The number of esters is 1. The Balaban J connectivity index is 0.000000975. The average Bonchev–Trinajstić information content (AvgIpc) is 3.01. The fraction of sp³-hybridized carbons (Fsp3) is 0.500. The summed E-state index contributed by atoms with van der Waals surface area (Å²) in [6.45, 7) is 10.2. The lowest BCUT2D eigenvalue weighted by molar-refractivity contribution is -0.171. The van der Waals surface area contributed by atoms with Crippen LogP contribution in [0.3, 0.4) is 0 Å². The van der Waals surface area contributed by atoms with Crippen LogP contribution in [0, 0.1) is 30.0 Å². The number of carbonyl (C=O) groups is 4. The van der Waals surface area contributed by atoms with E-state index < -0.39 is 41.4 Å². The molecule has 0 heterocycles. The molecule has 10 nitrogen and oxygen atoms in total. The molecule has 0 saturated carbocycles. The van der Waals surface area contributed by atoms with Crippen LogP contribution in [0.15, 0.2) is 54.6 Å². The summed E-state index contributed by atoms with van der Waals surface area (Å²) < 4.78 is 23.1. The first-order valence-electron chi connectivity index (χ1n) is 15.8. The number of aliphatic carboxylic acids is 1. The van der Waals surface area contributed by atoms with Crippen LogP contribution in [-0.2, 0) is 30.3 Å². The number of halogens is 2. The molecular weight excluding hydrogens is 643 g/mol. The number of aliphatic hydroxyl groups is 1. The first-order chi connectivity index (χ1) is 22.4. The number of aliphatic hydroxyl groups excluding tert-OH is 1. The summed E-state index contributed by atoms with van der Waals surface area (Å²) >= 11 is 5.80. The molecule has 0 bridgehead atoms. The van der Waals surface area contributed by atoms with Gasteiger partial charge in [-0.05, 0) is 99.8 Å². The first-order valence-corrected chi connectivity index (χ1v) is 16.2. The molecule has 2 amide bonds. The highest BCUT2D eigenvalue weighted by Crippen LogP contribution is 2.24. The van der Waals surface area contributed by atoms with Crippen LogP contribution >= 0.6 is 11.6 Å². The van der Waals surface area contributed by atoms with Crippen molar-refractivity contribution >= 4 is 35.4 Å². The van der Waals surface area contributed by atoms with Gasteiger partial charge in [-0.15, -0.1) is 0 Å².